The molecule has 8 heteroatoms. The van der Waals surface area contributed by atoms with Gasteiger partial charge in [0, 0.05) is 24.3 Å². The minimum Gasteiger partial charge on any atom is -0.493 e. The minimum absolute atomic E-state index is 0.0264. The Morgan fingerprint density at radius 1 is 0.941 bits per heavy atom. The van der Waals surface area contributed by atoms with Gasteiger partial charge in [-0.15, -0.1) is 0 Å². The fraction of sp³-hybridized carbons (Fsp3) is 0.192. The zero-order valence-corrected chi connectivity index (χ0v) is 18.6. The van der Waals surface area contributed by atoms with Crippen LogP contribution < -0.4 is 19.7 Å². The number of ether oxygens (including phenoxy) is 3. The number of benzene rings is 3. The van der Waals surface area contributed by atoms with Crippen LogP contribution in [0.1, 0.15) is 6.42 Å². The average Bonchev–Trinajstić information content (AvgIpc) is 3.25. The van der Waals surface area contributed by atoms with Gasteiger partial charge in [0.15, 0.2) is 18.1 Å². The largest absolute Gasteiger partial charge is 0.493 e. The topological polar surface area (TPSA) is 94.2 Å². The first kappa shape index (κ1) is 22.8. The van der Waals surface area contributed by atoms with Crippen molar-refractivity contribution in [2.24, 2.45) is 5.92 Å². The van der Waals surface area contributed by atoms with Gasteiger partial charge in [-0.3, -0.25) is 14.4 Å². The minimum atomic E-state index is -0.637. The van der Waals surface area contributed by atoms with Crippen LogP contribution in [0.3, 0.4) is 0 Å². The summed E-state index contributed by atoms with van der Waals surface area (Å²) in [6, 6.07) is 23.2. The van der Waals surface area contributed by atoms with Crippen molar-refractivity contribution < 1.29 is 28.6 Å². The maximum Gasteiger partial charge on any atom is 0.311 e. The Morgan fingerprint density at radius 3 is 2.32 bits per heavy atom. The highest BCUT2D eigenvalue weighted by atomic mass is 16.5. The quantitative estimate of drug-likeness (QED) is 0.510. The van der Waals surface area contributed by atoms with Gasteiger partial charge in [0.25, 0.3) is 5.91 Å². The van der Waals surface area contributed by atoms with E-state index in [1.165, 1.54) is 4.90 Å². The van der Waals surface area contributed by atoms with E-state index in [4.69, 9.17) is 14.2 Å². The van der Waals surface area contributed by atoms with Crippen molar-refractivity contribution in [2.45, 2.75) is 6.42 Å². The number of carbonyl (C=O) groups excluding carboxylic acids is 3. The molecule has 8 nitrogen and oxygen atoms in total. The molecule has 0 radical (unpaired) electrons. The predicted octanol–water partition coefficient (Wildman–Crippen LogP) is 4.02. The maximum atomic E-state index is 12.5. The number of carbonyl (C=O) groups is 3. The number of methoxy groups -OCH3 is 1. The molecular weight excluding hydrogens is 436 g/mol. The lowest BCUT2D eigenvalue weighted by molar-refractivity contribution is -0.151. The van der Waals surface area contributed by atoms with Crippen LogP contribution >= 0.6 is 0 Å². The SMILES string of the molecule is COc1ccccc1Oc1ccc(N2C[C@@H](C(=O)OCC(=O)Nc3ccccc3)CC2=O)cc1. The first-order valence-electron chi connectivity index (χ1n) is 10.8. The molecule has 4 rings (SSSR count). The molecule has 1 N–H and O–H groups in total. The zero-order chi connectivity index (χ0) is 23.9. The normalized spacial score (nSPS) is 15.0. The predicted molar refractivity (Wildman–Crippen MR) is 126 cm³/mol. The third kappa shape index (κ3) is 5.53. The van der Waals surface area contributed by atoms with Crippen molar-refractivity contribution in [3.8, 4) is 17.2 Å². The average molecular weight is 460 g/mol. The highest BCUT2D eigenvalue weighted by Gasteiger charge is 2.36. The van der Waals surface area contributed by atoms with Gasteiger partial charge in [-0.2, -0.15) is 0 Å². The molecular formula is C26H24N2O6. The Hall–Kier alpha value is -4.33. The molecule has 0 spiro atoms. The van der Waals surface area contributed by atoms with Gasteiger partial charge >= 0.3 is 5.97 Å². The molecule has 2 amide bonds. The monoisotopic (exact) mass is 460 g/mol. The second kappa shape index (κ2) is 10.5. The van der Waals surface area contributed by atoms with E-state index in [-0.39, 0.29) is 18.9 Å². The van der Waals surface area contributed by atoms with Gasteiger partial charge < -0.3 is 24.4 Å². The van der Waals surface area contributed by atoms with E-state index in [1.807, 2.05) is 18.2 Å². The second-order valence-electron chi connectivity index (χ2n) is 7.67. The van der Waals surface area contributed by atoms with Crippen LogP contribution in [0.25, 0.3) is 0 Å². The molecule has 1 aliphatic heterocycles. The van der Waals surface area contributed by atoms with E-state index < -0.39 is 24.4 Å². The van der Waals surface area contributed by atoms with Crippen LogP contribution in [-0.2, 0) is 19.1 Å². The first-order chi connectivity index (χ1) is 16.5. The van der Waals surface area contributed by atoms with Crippen molar-refractivity contribution in [2.75, 3.05) is 30.5 Å². The number of anilines is 2. The van der Waals surface area contributed by atoms with E-state index in [2.05, 4.69) is 5.32 Å². The summed E-state index contributed by atoms with van der Waals surface area (Å²) in [7, 11) is 1.57. The standard InChI is InChI=1S/C26H24N2O6/c1-32-22-9-5-6-10-23(22)34-21-13-11-20(12-14-21)28-16-18(15-25(28)30)26(31)33-17-24(29)27-19-7-3-2-4-8-19/h2-14,18H,15-17H2,1H3,(H,27,29)/t18-/m0/s1. The third-order valence-corrected chi connectivity index (χ3v) is 5.31. The van der Waals surface area contributed by atoms with Crippen molar-refractivity contribution in [3.63, 3.8) is 0 Å². The molecule has 0 saturated carbocycles. The third-order valence-electron chi connectivity index (χ3n) is 5.31. The summed E-state index contributed by atoms with van der Waals surface area (Å²) in [6.07, 6.45) is 0.0264. The van der Waals surface area contributed by atoms with Gasteiger partial charge in [0.1, 0.15) is 5.75 Å². The molecule has 0 aromatic heterocycles. The number of nitrogens with one attached hydrogen (secondary N) is 1. The Kier molecular flexibility index (Phi) is 7.07. The van der Waals surface area contributed by atoms with Crippen molar-refractivity contribution in [1.82, 2.24) is 0 Å². The van der Waals surface area contributed by atoms with Gasteiger partial charge in [0.05, 0.1) is 13.0 Å². The lowest BCUT2D eigenvalue weighted by Gasteiger charge is -2.17. The number of rotatable bonds is 8. The molecule has 1 heterocycles. The molecule has 174 valence electrons. The van der Waals surface area contributed by atoms with E-state index in [0.29, 0.717) is 28.6 Å². The highest BCUT2D eigenvalue weighted by Crippen LogP contribution is 2.33. The maximum absolute atomic E-state index is 12.5. The summed E-state index contributed by atoms with van der Waals surface area (Å²) in [5.41, 5.74) is 1.26. The first-order valence-corrected chi connectivity index (χ1v) is 10.8. The Labute approximate surface area is 197 Å². The Morgan fingerprint density at radius 2 is 1.62 bits per heavy atom. The van der Waals surface area contributed by atoms with Crippen LogP contribution in [0.2, 0.25) is 0 Å². The summed E-state index contributed by atoms with van der Waals surface area (Å²) in [4.78, 5) is 38.5. The van der Waals surface area contributed by atoms with Crippen molar-refractivity contribution in [3.05, 3.63) is 78.9 Å². The fourth-order valence-electron chi connectivity index (χ4n) is 3.61. The van der Waals surface area contributed by atoms with Crippen LogP contribution in [0.15, 0.2) is 78.9 Å². The van der Waals surface area contributed by atoms with E-state index in [1.54, 1.807) is 67.8 Å². The number of para-hydroxylation sites is 3. The molecule has 0 aliphatic carbocycles. The van der Waals surface area contributed by atoms with Gasteiger partial charge in [0.2, 0.25) is 5.91 Å². The number of esters is 1. The smallest absolute Gasteiger partial charge is 0.311 e. The number of hydrogen-bond donors (Lipinski definition) is 1. The Bertz CT molecular complexity index is 1160. The lowest BCUT2D eigenvalue weighted by atomic mass is 10.1. The van der Waals surface area contributed by atoms with Crippen LogP contribution in [-0.4, -0.2) is 38.0 Å². The van der Waals surface area contributed by atoms with Gasteiger partial charge in [-0.25, -0.2) is 0 Å². The Balaban J connectivity index is 1.31. The summed E-state index contributed by atoms with van der Waals surface area (Å²) in [5, 5.41) is 2.65. The number of amides is 2. The summed E-state index contributed by atoms with van der Waals surface area (Å²) in [6.45, 7) is -0.224. The van der Waals surface area contributed by atoms with E-state index >= 15 is 0 Å². The van der Waals surface area contributed by atoms with Crippen LogP contribution in [0.4, 0.5) is 11.4 Å². The van der Waals surface area contributed by atoms with Gasteiger partial charge in [-0.1, -0.05) is 30.3 Å². The molecule has 1 atom stereocenters. The number of hydrogen-bond acceptors (Lipinski definition) is 6. The molecule has 1 fully saturated rings. The van der Waals surface area contributed by atoms with Gasteiger partial charge in [-0.05, 0) is 48.5 Å². The molecule has 3 aromatic rings. The highest BCUT2D eigenvalue weighted by molar-refractivity contribution is 6.00. The molecule has 0 bridgehead atoms. The number of nitrogens with zero attached hydrogens (tertiary/aromatic N) is 1. The van der Waals surface area contributed by atoms with E-state index in [0.717, 1.165) is 0 Å². The molecule has 3 aromatic carbocycles. The van der Waals surface area contributed by atoms with Crippen LogP contribution in [0.5, 0.6) is 17.2 Å². The van der Waals surface area contributed by atoms with E-state index in [9.17, 15) is 14.4 Å². The molecule has 1 aliphatic rings. The molecule has 1 saturated heterocycles. The van der Waals surface area contributed by atoms with Crippen molar-refractivity contribution in [1.29, 1.82) is 0 Å². The summed E-state index contributed by atoms with van der Waals surface area (Å²) in [5.74, 6) is -0.0633. The summed E-state index contributed by atoms with van der Waals surface area (Å²) < 4.78 is 16.3. The molecule has 34 heavy (non-hydrogen) atoms. The fourth-order valence-corrected chi connectivity index (χ4v) is 3.61. The zero-order valence-electron chi connectivity index (χ0n) is 18.6. The lowest BCUT2D eigenvalue weighted by Crippen LogP contribution is -2.28. The summed E-state index contributed by atoms with van der Waals surface area (Å²) >= 11 is 0. The molecule has 0 unspecified atom stereocenters. The second-order valence-corrected chi connectivity index (χ2v) is 7.67. The van der Waals surface area contributed by atoms with Crippen LogP contribution in [0, 0.1) is 5.92 Å². The van der Waals surface area contributed by atoms with Crippen molar-refractivity contribution >= 4 is 29.2 Å².